The molecule has 0 aliphatic rings. The Bertz CT molecular complexity index is 1160. The summed E-state index contributed by atoms with van der Waals surface area (Å²) in [5.74, 6) is -3.02. The number of carbonyl (C=O) groups excluding carboxylic acids is 3. The molecule has 0 aliphatic heterocycles. The van der Waals surface area contributed by atoms with E-state index >= 15 is 0 Å². The van der Waals surface area contributed by atoms with E-state index in [1.165, 1.54) is 13.3 Å². The van der Waals surface area contributed by atoms with Gasteiger partial charge < -0.3 is 36.8 Å². The van der Waals surface area contributed by atoms with Crippen LogP contribution in [-0.2, 0) is 32.0 Å². The number of aromatic amines is 2. The number of nitrogens with zero attached hydrogens (tertiary/aromatic N) is 1. The number of amides is 3. The van der Waals surface area contributed by atoms with E-state index < -0.39 is 41.8 Å². The number of aliphatic carboxylic acids is 1. The number of carboxylic acid groups (broad SMARTS) is 1. The summed E-state index contributed by atoms with van der Waals surface area (Å²) in [6, 6.07) is 4.34. The molecule has 8 N–H and O–H groups in total. The lowest BCUT2D eigenvalue weighted by Crippen LogP contribution is -2.53. The summed E-state index contributed by atoms with van der Waals surface area (Å²) in [4.78, 5) is 58.2. The summed E-state index contributed by atoms with van der Waals surface area (Å²) < 4.78 is 0. The van der Waals surface area contributed by atoms with Gasteiger partial charge in [-0.2, -0.15) is 0 Å². The van der Waals surface area contributed by atoms with Gasteiger partial charge in [-0.15, -0.1) is 0 Å². The molecular formula is C22H27N7O5. The zero-order chi connectivity index (χ0) is 24.7. The van der Waals surface area contributed by atoms with Crippen LogP contribution >= 0.6 is 0 Å². The van der Waals surface area contributed by atoms with Crippen LogP contribution in [0.4, 0.5) is 0 Å². The molecule has 0 fully saturated rings. The summed E-state index contributed by atoms with van der Waals surface area (Å²) in [5, 5.41) is 17.7. The SMILES string of the molecule is CC(NC(=O)CNC(=O)C(N)Cc1cnc[nH]1)C(=O)NC(Cc1c[nH]c2ccccc12)C(=O)O. The Hall–Kier alpha value is -4.19. The van der Waals surface area contributed by atoms with Crippen LogP contribution in [0.5, 0.6) is 0 Å². The molecule has 0 saturated heterocycles. The van der Waals surface area contributed by atoms with Crippen molar-refractivity contribution in [3.8, 4) is 0 Å². The summed E-state index contributed by atoms with van der Waals surface area (Å²) in [6.45, 7) is 1.04. The van der Waals surface area contributed by atoms with Crippen molar-refractivity contribution >= 4 is 34.6 Å². The lowest BCUT2D eigenvalue weighted by molar-refractivity contribution is -0.142. The van der Waals surface area contributed by atoms with E-state index in [2.05, 4.69) is 30.9 Å². The molecule has 0 spiro atoms. The molecule has 12 heteroatoms. The van der Waals surface area contributed by atoms with Crippen LogP contribution < -0.4 is 21.7 Å². The van der Waals surface area contributed by atoms with Gasteiger partial charge in [0.25, 0.3) is 0 Å². The number of para-hydroxylation sites is 1. The average Bonchev–Trinajstić information content (AvgIpc) is 3.46. The van der Waals surface area contributed by atoms with Crippen molar-refractivity contribution < 1.29 is 24.3 Å². The van der Waals surface area contributed by atoms with Crippen molar-refractivity contribution in [3.63, 3.8) is 0 Å². The van der Waals surface area contributed by atoms with E-state index in [9.17, 15) is 24.3 Å². The smallest absolute Gasteiger partial charge is 0.326 e. The number of carboxylic acids is 1. The van der Waals surface area contributed by atoms with Crippen molar-refractivity contribution in [3.05, 3.63) is 54.2 Å². The Balaban J connectivity index is 1.47. The molecule has 0 saturated carbocycles. The van der Waals surface area contributed by atoms with Gasteiger partial charge in [-0.25, -0.2) is 9.78 Å². The highest BCUT2D eigenvalue weighted by Gasteiger charge is 2.25. The number of nitrogens with two attached hydrogens (primary N) is 1. The second-order valence-corrected chi connectivity index (χ2v) is 7.86. The van der Waals surface area contributed by atoms with Crippen molar-refractivity contribution in [2.45, 2.75) is 37.9 Å². The van der Waals surface area contributed by atoms with Crippen LogP contribution in [0, 0.1) is 0 Å². The van der Waals surface area contributed by atoms with Crippen LogP contribution in [0.15, 0.2) is 43.0 Å². The Labute approximate surface area is 194 Å². The van der Waals surface area contributed by atoms with Gasteiger partial charge >= 0.3 is 5.97 Å². The third-order valence-corrected chi connectivity index (χ3v) is 5.24. The molecule has 3 atom stereocenters. The van der Waals surface area contributed by atoms with Crippen LogP contribution in [0.2, 0.25) is 0 Å². The van der Waals surface area contributed by atoms with Gasteiger partial charge in [-0.3, -0.25) is 14.4 Å². The summed E-state index contributed by atoms with van der Waals surface area (Å²) >= 11 is 0. The largest absolute Gasteiger partial charge is 0.480 e. The zero-order valence-electron chi connectivity index (χ0n) is 18.5. The fourth-order valence-electron chi connectivity index (χ4n) is 3.40. The number of hydrogen-bond donors (Lipinski definition) is 7. The van der Waals surface area contributed by atoms with Gasteiger partial charge in [0.1, 0.15) is 12.1 Å². The number of nitrogens with one attached hydrogen (secondary N) is 5. The lowest BCUT2D eigenvalue weighted by Gasteiger charge is -2.19. The topological polar surface area (TPSA) is 195 Å². The monoisotopic (exact) mass is 469 g/mol. The minimum absolute atomic E-state index is 0.0655. The van der Waals surface area contributed by atoms with E-state index in [-0.39, 0.29) is 19.4 Å². The molecule has 180 valence electrons. The number of H-pyrrole nitrogens is 2. The lowest BCUT2D eigenvalue weighted by atomic mass is 10.0. The number of hydrogen-bond acceptors (Lipinski definition) is 6. The second-order valence-electron chi connectivity index (χ2n) is 7.86. The normalized spacial score (nSPS) is 13.6. The minimum atomic E-state index is -1.20. The molecule has 12 nitrogen and oxygen atoms in total. The quantitative estimate of drug-likeness (QED) is 0.191. The second kappa shape index (κ2) is 11.1. The van der Waals surface area contributed by atoms with Gasteiger partial charge in [0.2, 0.25) is 17.7 Å². The molecule has 2 heterocycles. The third-order valence-electron chi connectivity index (χ3n) is 5.24. The first-order valence-electron chi connectivity index (χ1n) is 10.6. The van der Waals surface area contributed by atoms with E-state index in [0.29, 0.717) is 5.69 Å². The Morgan fingerprint density at radius 3 is 2.56 bits per heavy atom. The van der Waals surface area contributed by atoms with E-state index in [1.807, 2.05) is 24.3 Å². The molecule has 3 amide bonds. The first-order chi connectivity index (χ1) is 16.2. The summed E-state index contributed by atoms with van der Waals surface area (Å²) in [7, 11) is 0. The van der Waals surface area contributed by atoms with Gasteiger partial charge in [0, 0.05) is 41.8 Å². The Morgan fingerprint density at radius 2 is 1.85 bits per heavy atom. The summed E-state index contributed by atoms with van der Waals surface area (Å²) in [5.41, 5.74) is 8.09. The van der Waals surface area contributed by atoms with Gasteiger partial charge in [0.15, 0.2) is 0 Å². The van der Waals surface area contributed by atoms with Crippen LogP contribution in [-0.4, -0.2) is 68.4 Å². The standard InChI is InChI=1S/C22H27N7O5/c1-12(28-19(30)10-26-21(32)16(23)7-14-9-24-11-27-14)20(31)29-18(22(33)34)6-13-8-25-17-5-3-2-4-15(13)17/h2-5,8-9,11-12,16,18,25H,6-7,10,23H2,1H3,(H,24,27)(H,26,32)(H,28,30)(H,29,31)(H,33,34). The number of benzene rings is 1. The molecule has 3 rings (SSSR count). The molecule has 0 radical (unpaired) electrons. The van der Waals surface area contributed by atoms with Crippen molar-refractivity contribution in [2.75, 3.05) is 6.54 Å². The molecule has 34 heavy (non-hydrogen) atoms. The minimum Gasteiger partial charge on any atom is -0.480 e. The van der Waals surface area contributed by atoms with Gasteiger partial charge in [-0.1, -0.05) is 18.2 Å². The number of rotatable bonds is 11. The predicted octanol–water partition coefficient (Wildman–Crippen LogP) is -0.806. The average molecular weight is 470 g/mol. The zero-order valence-corrected chi connectivity index (χ0v) is 18.5. The maximum absolute atomic E-state index is 12.5. The first kappa shape index (κ1) is 24.5. The van der Waals surface area contributed by atoms with Crippen LogP contribution in [0.1, 0.15) is 18.2 Å². The maximum atomic E-state index is 12.5. The molecule has 1 aromatic carbocycles. The molecule has 0 aliphatic carbocycles. The number of aromatic nitrogens is 3. The van der Waals surface area contributed by atoms with E-state index in [0.717, 1.165) is 16.5 Å². The Kier molecular flexibility index (Phi) is 7.98. The van der Waals surface area contributed by atoms with E-state index in [1.54, 1.807) is 12.4 Å². The number of imidazole rings is 1. The van der Waals surface area contributed by atoms with Crippen molar-refractivity contribution in [1.29, 1.82) is 0 Å². The van der Waals surface area contributed by atoms with E-state index in [4.69, 9.17) is 5.73 Å². The van der Waals surface area contributed by atoms with Crippen molar-refractivity contribution in [2.24, 2.45) is 5.73 Å². The molecule has 0 bridgehead atoms. The Morgan fingerprint density at radius 1 is 1.09 bits per heavy atom. The molecule has 3 aromatic rings. The first-order valence-corrected chi connectivity index (χ1v) is 10.6. The number of carbonyl (C=O) groups is 4. The molecule has 3 unspecified atom stereocenters. The van der Waals surface area contributed by atoms with Gasteiger partial charge in [0.05, 0.1) is 18.9 Å². The number of fused-ring (bicyclic) bond motifs is 1. The predicted molar refractivity (Wildman–Crippen MR) is 122 cm³/mol. The highest BCUT2D eigenvalue weighted by atomic mass is 16.4. The molecular weight excluding hydrogens is 442 g/mol. The van der Waals surface area contributed by atoms with Gasteiger partial charge in [-0.05, 0) is 18.6 Å². The summed E-state index contributed by atoms with van der Waals surface area (Å²) in [6.07, 6.45) is 5.01. The fraction of sp³-hybridized carbons (Fsp3) is 0.318. The maximum Gasteiger partial charge on any atom is 0.326 e. The highest BCUT2D eigenvalue weighted by molar-refractivity contribution is 5.92. The highest BCUT2D eigenvalue weighted by Crippen LogP contribution is 2.19. The van der Waals surface area contributed by atoms with Crippen molar-refractivity contribution in [1.82, 2.24) is 30.9 Å². The van der Waals surface area contributed by atoms with Crippen LogP contribution in [0.3, 0.4) is 0 Å². The van der Waals surface area contributed by atoms with Crippen LogP contribution in [0.25, 0.3) is 10.9 Å². The third kappa shape index (κ3) is 6.42. The molecule has 2 aromatic heterocycles. The fourth-order valence-corrected chi connectivity index (χ4v) is 3.40.